The van der Waals surface area contributed by atoms with E-state index in [0.717, 1.165) is 17.9 Å². The van der Waals surface area contributed by atoms with Crippen LogP contribution in [0.1, 0.15) is 12.0 Å². The van der Waals surface area contributed by atoms with Crippen LogP contribution in [0, 0.1) is 11.8 Å². The van der Waals surface area contributed by atoms with Gasteiger partial charge in [0.05, 0.1) is 18.9 Å². The third-order valence-corrected chi connectivity index (χ3v) is 4.21. The fourth-order valence-corrected chi connectivity index (χ4v) is 2.67. The van der Waals surface area contributed by atoms with E-state index in [0.29, 0.717) is 25.9 Å². The summed E-state index contributed by atoms with van der Waals surface area (Å²) in [6.45, 7) is 1.96. The third-order valence-electron chi connectivity index (χ3n) is 4.21. The first-order valence-electron chi connectivity index (χ1n) is 8.35. The highest BCUT2D eigenvalue weighted by atomic mass is 16.5. The minimum atomic E-state index is -0.179. The number of para-hydroxylation sites is 1. The molecule has 1 aliphatic carbocycles. The molecule has 0 spiro atoms. The Morgan fingerprint density at radius 1 is 1.12 bits per heavy atom. The van der Waals surface area contributed by atoms with Gasteiger partial charge < -0.3 is 20.3 Å². The van der Waals surface area contributed by atoms with Crippen molar-refractivity contribution in [3.63, 3.8) is 0 Å². The highest BCUT2D eigenvalue weighted by Gasteiger charge is 2.47. The number of nitrogens with zero attached hydrogens (tertiary/aromatic N) is 1. The van der Waals surface area contributed by atoms with Gasteiger partial charge in [0.1, 0.15) is 5.75 Å². The van der Waals surface area contributed by atoms with Gasteiger partial charge in [-0.05, 0) is 38.6 Å². The zero-order valence-corrected chi connectivity index (χ0v) is 14.7. The highest BCUT2D eigenvalue weighted by molar-refractivity contribution is 5.92. The maximum Gasteiger partial charge on any atom is 0.223 e. The number of nitrogens with one attached hydrogen (secondary N) is 2. The molecule has 0 aliphatic heterocycles. The average Bonchev–Trinajstić information content (AvgIpc) is 3.35. The summed E-state index contributed by atoms with van der Waals surface area (Å²) in [7, 11) is 5.56. The Kier molecular flexibility index (Phi) is 6.61. The number of hydrogen-bond donors (Lipinski definition) is 2. The molecule has 0 bridgehead atoms. The zero-order chi connectivity index (χ0) is 17.5. The summed E-state index contributed by atoms with van der Waals surface area (Å²) in [5.74, 6) is 0.441. The molecular weight excluding hydrogens is 306 g/mol. The molecule has 2 unspecified atom stereocenters. The number of carbonyl (C=O) groups excluding carboxylic acids is 2. The summed E-state index contributed by atoms with van der Waals surface area (Å²) in [5, 5.41) is 5.80. The van der Waals surface area contributed by atoms with Gasteiger partial charge in [0, 0.05) is 19.6 Å². The van der Waals surface area contributed by atoms with Crippen LogP contribution in [0.5, 0.6) is 5.75 Å². The standard InChI is InChI=1S/C18H27N3O3/c1-21(2)11-10-20-18(23)15-12-14(15)17(22)19-9-8-13-6-4-5-7-16(13)24-3/h4-7,14-15H,8-12H2,1-3H3,(H,19,22)(H,20,23). The number of likely N-dealkylation sites (N-methyl/N-ethyl adjacent to an activating group) is 1. The van der Waals surface area contributed by atoms with Crippen molar-refractivity contribution in [1.29, 1.82) is 0 Å². The lowest BCUT2D eigenvalue weighted by atomic mass is 10.1. The molecule has 0 aromatic heterocycles. The van der Waals surface area contributed by atoms with Gasteiger partial charge in [0.2, 0.25) is 11.8 Å². The minimum Gasteiger partial charge on any atom is -0.496 e. The van der Waals surface area contributed by atoms with Crippen LogP contribution < -0.4 is 15.4 Å². The normalized spacial score (nSPS) is 19.0. The van der Waals surface area contributed by atoms with E-state index in [9.17, 15) is 9.59 Å². The number of rotatable bonds is 9. The molecule has 2 atom stereocenters. The average molecular weight is 333 g/mol. The molecule has 1 fully saturated rings. The summed E-state index contributed by atoms with van der Waals surface area (Å²) in [6, 6.07) is 7.77. The van der Waals surface area contributed by atoms with E-state index in [1.54, 1.807) is 7.11 Å². The van der Waals surface area contributed by atoms with E-state index >= 15 is 0 Å². The van der Waals surface area contributed by atoms with Crippen molar-refractivity contribution in [3.8, 4) is 5.75 Å². The molecule has 1 aromatic carbocycles. The number of benzene rings is 1. The summed E-state index contributed by atoms with van der Waals surface area (Å²) in [4.78, 5) is 26.1. The van der Waals surface area contributed by atoms with Crippen molar-refractivity contribution in [3.05, 3.63) is 29.8 Å². The first-order chi connectivity index (χ1) is 11.5. The number of hydrogen-bond acceptors (Lipinski definition) is 4. The van der Waals surface area contributed by atoms with Gasteiger partial charge in [0.15, 0.2) is 0 Å². The Morgan fingerprint density at radius 2 is 1.75 bits per heavy atom. The van der Waals surface area contributed by atoms with Crippen LogP contribution in [0.15, 0.2) is 24.3 Å². The maximum atomic E-state index is 12.1. The van der Waals surface area contributed by atoms with Crippen LogP contribution in [0.2, 0.25) is 0 Å². The number of ether oxygens (including phenoxy) is 1. The summed E-state index contributed by atoms with van der Waals surface area (Å²) >= 11 is 0. The van der Waals surface area contributed by atoms with Gasteiger partial charge >= 0.3 is 0 Å². The highest BCUT2D eigenvalue weighted by Crippen LogP contribution is 2.38. The molecule has 6 nitrogen and oxygen atoms in total. The van der Waals surface area contributed by atoms with Crippen LogP contribution in [-0.4, -0.2) is 57.6 Å². The van der Waals surface area contributed by atoms with Gasteiger partial charge in [-0.25, -0.2) is 0 Å². The van der Waals surface area contributed by atoms with Gasteiger partial charge in [-0.1, -0.05) is 18.2 Å². The quantitative estimate of drug-likeness (QED) is 0.697. The molecule has 6 heteroatoms. The molecular formula is C18H27N3O3. The first kappa shape index (κ1) is 18.3. The molecule has 24 heavy (non-hydrogen) atoms. The van der Waals surface area contributed by atoms with Gasteiger partial charge in [0.25, 0.3) is 0 Å². The van der Waals surface area contributed by atoms with Crippen molar-refractivity contribution in [2.45, 2.75) is 12.8 Å². The van der Waals surface area contributed by atoms with Crippen LogP contribution in [0.25, 0.3) is 0 Å². The number of methoxy groups -OCH3 is 1. The van der Waals surface area contributed by atoms with E-state index in [1.165, 1.54) is 0 Å². The van der Waals surface area contributed by atoms with E-state index in [4.69, 9.17) is 4.74 Å². The maximum absolute atomic E-state index is 12.1. The van der Waals surface area contributed by atoms with Crippen molar-refractivity contribution >= 4 is 11.8 Å². The second-order valence-electron chi connectivity index (χ2n) is 6.40. The Balaban J connectivity index is 1.68. The van der Waals surface area contributed by atoms with Crippen molar-refractivity contribution < 1.29 is 14.3 Å². The van der Waals surface area contributed by atoms with E-state index in [2.05, 4.69) is 10.6 Å². The second-order valence-corrected chi connectivity index (χ2v) is 6.40. The van der Waals surface area contributed by atoms with Crippen molar-refractivity contribution in [2.24, 2.45) is 11.8 Å². The van der Waals surface area contributed by atoms with Gasteiger partial charge in [-0.15, -0.1) is 0 Å². The molecule has 1 aromatic rings. The first-order valence-corrected chi connectivity index (χ1v) is 8.35. The topological polar surface area (TPSA) is 70.7 Å². The van der Waals surface area contributed by atoms with E-state index in [1.807, 2.05) is 43.3 Å². The third kappa shape index (κ3) is 5.23. The predicted molar refractivity (Wildman–Crippen MR) is 92.9 cm³/mol. The molecule has 1 saturated carbocycles. The van der Waals surface area contributed by atoms with Crippen molar-refractivity contribution in [1.82, 2.24) is 15.5 Å². The lowest BCUT2D eigenvalue weighted by molar-refractivity contribution is -0.127. The molecule has 2 rings (SSSR count). The Morgan fingerprint density at radius 3 is 2.38 bits per heavy atom. The van der Waals surface area contributed by atoms with Gasteiger partial charge in [-0.2, -0.15) is 0 Å². The molecule has 0 radical (unpaired) electrons. The van der Waals surface area contributed by atoms with Crippen LogP contribution in [0.4, 0.5) is 0 Å². The molecule has 2 amide bonds. The van der Waals surface area contributed by atoms with Crippen LogP contribution in [-0.2, 0) is 16.0 Å². The van der Waals surface area contributed by atoms with Crippen LogP contribution in [0.3, 0.4) is 0 Å². The summed E-state index contributed by atoms with van der Waals surface area (Å²) < 4.78 is 5.30. The Labute approximate surface area is 143 Å². The van der Waals surface area contributed by atoms with Gasteiger partial charge in [-0.3, -0.25) is 9.59 Å². The second kappa shape index (κ2) is 8.68. The summed E-state index contributed by atoms with van der Waals surface area (Å²) in [6.07, 6.45) is 1.36. The smallest absolute Gasteiger partial charge is 0.223 e. The Bertz CT molecular complexity index is 574. The fraction of sp³-hybridized carbons (Fsp3) is 0.556. The molecule has 0 heterocycles. The van der Waals surface area contributed by atoms with Crippen molar-refractivity contribution in [2.75, 3.05) is 40.8 Å². The summed E-state index contributed by atoms with van der Waals surface area (Å²) in [5.41, 5.74) is 1.06. The zero-order valence-electron chi connectivity index (χ0n) is 14.7. The number of carbonyl (C=O) groups is 2. The lowest BCUT2D eigenvalue weighted by Crippen LogP contribution is -2.34. The van der Waals surface area contributed by atoms with E-state index in [-0.39, 0.29) is 23.7 Å². The predicted octanol–water partition coefficient (Wildman–Crippen LogP) is 0.668. The molecule has 1 aliphatic rings. The van der Waals surface area contributed by atoms with E-state index < -0.39 is 0 Å². The molecule has 2 N–H and O–H groups in total. The van der Waals surface area contributed by atoms with Crippen LogP contribution >= 0.6 is 0 Å². The minimum absolute atomic E-state index is 0.0123. The number of amides is 2. The molecule has 0 saturated heterocycles. The Hall–Kier alpha value is -2.08. The monoisotopic (exact) mass is 333 g/mol. The lowest BCUT2D eigenvalue weighted by Gasteiger charge is -2.10. The molecule has 132 valence electrons. The largest absolute Gasteiger partial charge is 0.496 e. The SMILES string of the molecule is COc1ccccc1CCNC(=O)C1CC1C(=O)NCCN(C)C. The fourth-order valence-electron chi connectivity index (χ4n) is 2.67.